The number of hydrogen-bond acceptors (Lipinski definition) is 5. The van der Waals surface area contributed by atoms with E-state index in [1.54, 1.807) is 0 Å². The quantitative estimate of drug-likeness (QED) is 0.556. The highest BCUT2D eigenvalue weighted by atomic mass is 35.5. The zero-order valence-electron chi connectivity index (χ0n) is 11.7. The van der Waals surface area contributed by atoms with Crippen LogP contribution in [0.4, 0.5) is 0 Å². The molecule has 0 atom stereocenters. The van der Waals surface area contributed by atoms with Crippen molar-refractivity contribution in [3.63, 3.8) is 0 Å². The second-order valence-corrected chi connectivity index (χ2v) is 6.95. The summed E-state index contributed by atoms with van der Waals surface area (Å²) in [5, 5.41) is 12.3. The average molecular weight is 360 g/mol. The number of H-pyrrole nitrogens is 1. The van der Waals surface area contributed by atoms with Gasteiger partial charge in [0, 0.05) is 10.8 Å². The molecule has 4 nitrogen and oxygen atoms in total. The molecular formula is C16H10ClN3OS2. The Morgan fingerprint density at radius 1 is 1.30 bits per heavy atom. The highest BCUT2D eigenvalue weighted by Gasteiger charge is 2.14. The van der Waals surface area contributed by atoms with Gasteiger partial charge in [-0.15, -0.1) is 11.3 Å². The predicted molar refractivity (Wildman–Crippen MR) is 93.9 cm³/mol. The summed E-state index contributed by atoms with van der Waals surface area (Å²) in [6.45, 7) is 0. The molecule has 0 aliphatic carbocycles. The van der Waals surface area contributed by atoms with Crippen LogP contribution in [0.2, 0.25) is 5.02 Å². The van der Waals surface area contributed by atoms with Crippen LogP contribution in [-0.4, -0.2) is 9.97 Å². The minimum atomic E-state index is -0.412. The molecular weight excluding hydrogens is 350 g/mol. The van der Waals surface area contributed by atoms with Crippen LogP contribution in [0, 0.1) is 11.3 Å². The topological polar surface area (TPSA) is 69.5 Å². The van der Waals surface area contributed by atoms with Crippen molar-refractivity contribution >= 4 is 34.7 Å². The number of rotatable bonds is 4. The number of nitriles is 1. The first-order chi connectivity index (χ1) is 11.2. The van der Waals surface area contributed by atoms with Crippen molar-refractivity contribution < 1.29 is 0 Å². The highest BCUT2D eigenvalue weighted by Crippen LogP contribution is 2.27. The van der Waals surface area contributed by atoms with Gasteiger partial charge in [0.1, 0.15) is 17.3 Å². The van der Waals surface area contributed by atoms with Crippen molar-refractivity contribution in [2.45, 2.75) is 10.9 Å². The van der Waals surface area contributed by atoms with E-state index in [2.05, 4.69) is 9.97 Å². The summed E-state index contributed by atoms with van der Waals surface area (Å²) in [4.78, 5) is 20.0. The van der Waals surface area contributed by atoms with Crippen LogP contribution in [0.1, 0.15) is 11.1 Å². The van der Waals surface area contributed by atoms with Gasteiger partial charge in [0.2, 0.25) is 0 Å². The van der Waals surface area contributed by atoms with Crippen LogP contribution in [-0.2, 0) is 5.75 Å². The third kappa shape index (κ3) is 3.64. The second kappa shape index (κ2) is 7.01. The standard InChI is InChI=1S/C16H10ClN3OS2/c17-11-5-3-10(4-6-11)9-23-16-19-14(13-2-1-7-22-13)12(8-18)15(21)20-16/h1-7H,9H2,(H,19,20,21). The average Bonchev–Trinajstić information content (AvgIpc) is 3.08. The number of hydrogen-bond donors (Lipinski definition) is 1. The Bertz CT molecular complexity index is 912. The lowest BCUT2D eigenvalue weighted by Gasteiger charge is -2.05. The van der Waals surface area contributed by atoms with Gasteiger partial charge < -0.3 is 4.98 Å². The maximum absolute atomic E-state index is 12.1. The first-order valence-electron chi connectivity index (χ1n) is 6.63. The minimum absolute atomic E-state index is 0.0447. The number of thiophene rings is 1. The summed E-state index contributed by atoms with van der Waals surface area (Å²) in [7, 11) is 0. The van der Waals surface area contributed by atoms with Crippen LogP contribution in [0.3, 0.4) is 0 Å². The maximum atomic E-state index is 12.1. The Hall–Kier alpha value is -2.07. The molecule has 3 rings (SSSR count). The normalized spacial score (nSPS) is 10.4. The molecule has 0 amide bonds. The molecule has 3 aromatic rings. The zero-order valence-corrected chi connectivity index (χ0v) is 14.1. The van der Waals surface area contributed by atoms with Crippen molar-refractivity contribution in [2.24, 2.45) is 0 Å². The summed E-state index contributed by atoms with van der Waals surface area (Å²) in [6, 6.07) is 13.2. The predicted octanol–water partition coefficient (Wildman–Crippen LogP) is 4.32. The van der Waals surface area contributed by atoms with Crippen LogP contribution >= 0.6 is 34.7 Å². The van der Waals surface area contributed by atoms with Gasteiger partial charge in [-0.2, -0.15) is 5.26 Å². The Morgan fingerprint density at radius 2 is 2.09 bits per heavy atom. The maximum Gasteiger partial charge on any atom is 0.270 e. The highest BCUT2D eigenvalue weighted by molar-refractivity contribution is 7.98. The fourth-order valence-corrected chi connectivity index (χ4v) is 3.61. The van der Waals surface area contributed by atoms with E-state index in [0.29, 0.717) is 21.6 Å². The Labute approximate surface area is 145 Å². The van der Waals surface area contributed by atoms with Gasteiger partial charge in [-0.25, -0.2) is 4.98 Å². The van der Waals surface area contributed by atoms with E-state index in [-0.39, 0.29) is 5.56 Å². The summed E-state index contributed by atoms with van der Waals surface area (Å²) in [6.07, 6.45) is 0. The summed E-state index contributed by atoms with van der Waals surface area (Å²) in [5.74, 6) is 0.649. The lowest BCUT2D eigenvalue weighted by Crippen LogP contribution is -2.14. The van der Waals surface area contributed by atoms with E-state index < -0.39 is 5.56 Å². The summed E-state index contributed by atoms with van der Waals surface area (Å²) < 4.78 is 0. The molecule has 2 heterocycles. The van der Waals surface area contributed by atoms with Crippen LogP contribution < -0.4 is 5.56 Å². The monoisotopic (exact) mass is 359 g/mol. The van der Waals surface area contributed by atoms with Gasteiger partial charge in [-0.3, -0.25) is 4.79 Å². The van der Waals surface area contributed by atoms with Gasteiger partial charge in [-0.05, 0) is 29.1 Å². The third-order valence-electron chi connectivity index (χ3n) is 3.05. The summed E-state index contributed by atoms with van der Waals surface area (Å²) >= 11 is 8.72. The van der Waals surface area contributed by atoms with E-state index in [1.165, 1.54) is 23.1 Å². The molecule has 0 aliphatic heterocycles. The van der Waals surface area contributed by atoms with E-state index in [0.717, 1.165) is 10.4 Å². The van der Waals surface area contributed by atoms with Crippen LogP contribution in [0.5, 0.6) is 0 Å². The van der Waals surface area contributed by atoms with E-state index in [4.69, 9.17) is 11.6 Å². The molecule has 1 N–H and O–H groups in total. The molecule has 0 saturated carbocycles. The molecule has 23 heavy (non-hydrogen) atoms. The molecule has 0 radical (unpaired) electrons. The van der Waals surface area contributed by atoms with Gasteiger partial charge in [0.15, 0.2) is 5.16 Å². The van der Waals surface area contributed by atoms with Crippen molar-refractivity contribution in [1.82, 2.24) is 9.97 Å². The number of nitrogens with one attached hydrogen (secondary N) is 1. The molecule has 0 bridgehead atoms. The molecule has 0 saturated heterocycles. The third-order valence-corrected chi connectivity index (χ3v) is 5.13. The minimum Gasteiger partial charge on any atom is -0.300 e. The molecule has 0 unspecified atom stereocenters. The van der Waals surface area contributed by atoms with E-state index >= 15 is 0 Å². The van der Waals surface area contributed by atoms with E-state index in [9.17, 15) is 10.1 Å². The Kier molecular flexibility index (Phi) is 4.82. The first-order valence-corrected chi connectivity index (χ1v) is 8.87. The van der Waals surface area contributed by atoms with Gasteiger partial charge in [-0.1, -0.05) is 41.6 Å². The lowest BCUT2D eigenvalue weighted by molar-refractivity contribution is 0.936. The van der Waals surface area contributed by atoms with Crippen molar-refractivity contribution in [3.05, 3.63) is 68.3 Å². The second-order valence-electron chi connectivity index (χ2n) is 4.60. The fraction of sp³-hybridized carbons (Fsp3) is 0.0625. The molecule has 2 aromatic heterocycles. The number of nitrogens with zero attached hydrogens (tertiary/aromatic N) is 2. The number of benzene rings is 1. The van der Waals surface area contributed by atoms with E-state index in [1.807, 2.05) is 47.8 Å². The number of aromatic amines is 1. The van der Waals surface area contributed by atoms with Gasteiger partial charge in [0.05, 0.1) is 4.88 Å². The summed E-state index contributed by atoms with van der Waals surface area (Å²) in [5.41, 5.74) is 1.14. The van der Waals surface area contributed by atoms with Gasteiger partial charge >= 0.3 is 0 Å². The SMILES string of the molecule is N#Cc1c(-c2cccs2)nc(SCc2ccc(Cl)cc2)[nH]c1=O. The molecule has 0 spiro atoms. The Morgan fingerprint density at radius 3 is 2.74 bits per heavy atom. The Balaban J connectivity index is 1.90. The molecule has 0 aliphatic rings. The zero-order chi connectivity index (χ0) is 16.2. The van der Waals surface area contributed by atoms with Gasteiger partial charge in [0.25, 0.3) is 5.56 Å². The molecule has 0 fully saturated rings. The number of aromatic nitrogens is 2. The largest absolute Gasteiger partial charge is 0.300 e. The lowest BCUT2D eigenvalue weighted by atomic mass is 10.2. The van der Waals surface area contributed by atoms with Crippen molar-refractivity contribution in [3.8, 4) is 16.6 Å². The van der Waals surface area contributed by atoms with Crippen LogP contribution in [0.15, 0.2) is 51.7 Å². The fourth-order valence-electron chi connectivity index (χ4n) is 1.95. The molecule has 114 valence electrons. The number of thioether (sulfide) groups is 1. The van der Waals surface area contributed by atoms with Crippen molar-refractivity contribution in [2.75, 3.05) is 0 Å². The smallest absolute Gasteiger partial charge is 0.270 e. The number of halogens is 1. The molecule has 1 aromatic carbocycles. The van der Waals surface area contributed by atoms with Crippen molar-refractivity contribution in [1.29, 1.82) is 5.26 Å². The first kappa shape index (κ1) is 15.8. The van der Waals surface area contributed by atoms with Crippen LogP contribution in [0.25, 0.3) is 10.6 Å². The molecule has 7 heteroatoms.